The van der Waals surface area contributed by atoms with E-state index in [4.69, 9.17) is 0 Å². The molecule has 0 saturated heterocycles. The quantitative estimate of drug-likeness (QED) is 0.131. The molecule has 37 heavy (non-hydrogen) atoms. The fourth-order valence-electron chi connectivity index (χ4n) is 0.289. The van der Waals surface area contributed by atoms with Crippen LogP contribution in [-0.4, -0.2) is 63.9 Å². The topological polar surface area (TPSA) is 94.6 Å². The number of hydrogen-bond donors (Lipinski definition) is 0. The van der Waals surface area contributed by atoms with E-state index in [1.165, 1.54) is 32.1 Å². The van der Waals surface area contributed by atoms with Gasteiger partial charge >= 0.3 is 0 Å². The summed E-state index contributed by atoms with van der Waals surface area (Å²) >= 11 is 0. The second kappa shape index (κ2) is 47.9. The first kappa shape index (κ1) is 65.1. The van der Waals surface area contributed by atoms with Crippen molar-refractivity contribution in [3.05, 3.63) is 29.0 Å². The van der Waals surface area contributed by atoms with Gasteiger partial charge in [-0.2, -0.15) is 0 Å². The first-order chi connectivity index (χ1) is 15.0. The molecule has 0 radical (unpaired) electrons. The molecule has 0 atom stereocenters. The Bertz CT molecular complexity index is 744. The van der Waals surface area contributed by atoms with Crippen molar-refractivity contribution >= 4 is 33.8 Å². The van der Waals surface area contributed by atoms with Crippen molar-refractivity contribution in [1.82, 2.24) is 0 Å². The van der Waals surface area contributed by atoms with Gasteiger partial charge in [-0.25, -0.2) is 8.42 Å². The van der Waals surface area contributed by atoms with Gasteiger partial charge in [0.05, 0.1) is 0 Å². The number of sulfone groups is 1. The standard InChI is InChI=1S/C6H10.C5H10.C4H6.C3H9O2P.C3H6O.C2H6O2S.C2H6OS.3CH4/c1-4-5-6(2)3;1-4-5(2)3;1-3-4-2;1-5-6(2,3)4;1-3(2)4;1-5(2,3)4;1-4(2)3;;;/h4H,1-3H3;4H,1-3H3;1-2H3;1-3H3;1-2H3;1-2H3;1-2H3;3*1H4. The monoisotopic (exact) mass is 592 g/mol. The van der Waals surface area contributed by atoms with Crippen LogP contribution in [-0.2, 0) is 34.5 Å². The van der Waals surface area contributed by atoms with Crippen LogP contribution in [0.2, 0.25) is 0 Å². The van der Waals surface area contributed by atoms with Crippen molar-refractivity contribution in [2.24, 2.45) is 0 Å². The number of hydrogen-bond acceptors (Lipinski definition) is 6. The molecule has 0 amide bonds. The average Bonchev–Trinajstić information content (AvgIpc) is 2.60. The lowest BCUT2D eigenvalue weighted by Gasteiger charge is -1.98. The van der Waals surface area contributed by atoms with Crippen molar-refractivity contribution in [1.29, 1.82) is 0 Å². The highest BCUT2D eigenvalue weighted by molar-refractivity contribution is 7.89. The van der Waals surface area contributed by atoms with Crippen LogP contribution in [0.4, 0.5) is 0 Å². The molecule has 0 saturated carbocycles. The highest BCUT2D eigenvalue weighted by Crippen LogP contribution is 2.35. The number of ketones is 1. The normalized spacial score (nSPS) is 7.51. The van der Waals surface area contributed by atoms with E-state index in [-0.39, 0.29) is 28.1 Å². The number of carbonyl (C=O) groups is 1. The van der Waals surface area contributed by atoms with Gasteiger partial charge in [0.15, 0.2) is 7.37 Å². The van der Waals surface area contributed by atoms with Crippen LogP contribution in [0.25, 0.3) is 0 Å². The van der Waals surface area contributed by atoms with Crippen LogP contribution < -0.4 is 0 Å². The maximum atomic E-state index is 10.4. The summed E-state index contributed by atoms with van der Waals surface area (Å²) in [5, 5.41) is 0. The Morgan fingerprint density at radius 2 is 1.03 bits per heavy atom. The van der Waals surface area contributed by atoms with Crippen molar-refractivity contribution in [2.75, 3.05) is 45.5 Å². The van der Waals surface area contributed by atoms with Crippen molar-refractivity contribution in [3.63, 3.8) is 0 Å². The summed E-state index contributed by atoms with van der Waals surface area (Å²) in [6, 6.07) is 0. The number of rotatable bonds is 1. The summed E-state index contributed by atoms with van der Waals surface area (Å²) in [5.41, 5.74) is 5.61. The molecule has 9 heteroatoms. The van der Waals surface area contributed by atoms with Crippen molar-refractivity contribution in [2.45, 2.75) is 91.5 Å². The Hall–Kier alpha value is -1.22. The lowest BCUT2D eigenvalue weighted by atomic mass is 10.3. The zero-order valence-electron chi connectivity index (χ0n) is 24.9. The zero-order chi connectivity index (χ0) is 29.6. The Labute approximate surface area is 237 Å². The third-order valence-electron chi connectivity index (χ3n) is 1.70. The SMILES string of the molecule is C.C.C.CC#CC.CC(C)=O.CC=C(C)C.CC=C=C(C)C.COP(C)(C)=O.CS(C)(=O)=O.CS(C)=O. The molecule has 0 aliphatic rings. The van der Waals surface area contributed by atoms with Crippen LogP contribution in [0.3, 0.4) is 0 Å². The molecule has 6 nitrogen and oxygen atoms in total. The van der Waals surface area contributed by atoms with Gasteiger partial charge in [0, 0.05) is 56.3 Å². The fraction of sp³-hybridized carbons (Fsp3) is 0.714. The minimum Gasteiger partial charge on any atom is -0.332 e. The second-order valence-electron chi connectivity index (χ2n) is 7.53. The third-order valence-corrected chi connectivity index (χ3v) is 2.58. The van der Waals surface area contributed by atoms with Gasteiger partial charge in [-0.1, -0.05) is 33.9 Å². The first-order valence-electron chi connectivity index (χ1n) is 10.2. The third kappa shape index (κ3) is 617. The van der Waals surface area contributed by atoms with Crippen LogP contribution in [0.1, 0.15) is 91.5 Å². The summed E-state index contributed by atoms with van der Waals surface area (Å²) < 4.78 is 43.7. The van der Waals surface area contributed by atoms with Crippen LogP contribution >= 0.6 is 7.37 Å². The van der Waals surface area contributed by atoms with E-state index in [1.807, 2.05) is 47.6 Å². The van der Waals surface area contributed by atoms with Crippen LogP contribution in [0.5, 0.6) is 0 Å². The molecule has 0 aliphatic carbocycles. The maximum Gasteiger partial charge on any atom is 0.196 e. The van der Waals surface area contributed by atoms with E-state index < -0.39 is 28.0 Å². The zero-order valence-corrected chi connectivity index (χ0v) is 27.4. The minimum atomic E-state index is -2.67. The summed E-state index contributed by atoms with van der Waals surface area (Å²) in [4.78, 5) is 9.44. The number of allylic oxidation sites excluding steroid dienone is 3. The number of Topliss-reactive ketones (excluding diaryl/α,β-unsaturated/α-hetero) is 1. The van der Waals surface area contributed by atoms with E-state index in [1.54, 1.807) is 25.8 Å². The molecule has 0 aromatic heterocycles. The second-order valence-corrected chi connectivity index (χ2v) is 14.2. The van der Waals surface area contributed by atoms with Gasteiger partial charge in [-0.15, -0.1) is 17.6 Å². The molecule has 230 valence electrons. The van der Waals surface area contributed by atoms with Gasteiger partial charge in [0.2, 0.25) is 0 Å². The number of carbonyl (C=O) groups excluding carboxylic acids is 1. The van der Waals surface area contributed by atoms with Gasteiger partial charge in [-0.05, 0) is 80.9 Å². The smallest absolute Gasteiger partial charge is 0.196 e. The van der Waals surface area contributed by atoms with Crippen LogP contribution in [0.15, 0.2) is 29.0 Å². The summed E-state index contributed by atoms with van der Waals surface area (Å²) in [6.45, 7) is 22.1. The highest BCUT2D eigenvalue weighted by atomic mass is 32.2. The summed E-state index contributed by atoms with van der Waals surface area (Å²) in [6.07, 6.45) is 9.59. The largest absolute Gasteiger partial charge is 0.332 e. The molecule has 0 aromatic carbocycles. The molecular weight excluding hydrogens is 527 g/mol. The molecule has 0 N–H and O–H groups in total. The summed E-state index contributed by atoms with van der Waals surface area (Å²) in [5.74, 6) is 5.53. The molecule has 0 bridgehead atoms. The molecule has 0 spiro atoms. The van der Waals surface area contributed by atoms with E-state index in [9.17, 15) is 22.0 Å². The predicted molar refractivity (Wildman–Crippen MR) is 177 cm³/mol. The molecular formula is C28H65O6PS2. The first-order valence-corrected chi connectivity index (χ1v) is 17.0. The Morgan fingerprint density at radius 1 is 0.865 bits per heavy atom. The van der Waals surface area contributed by atoms with E-state index in [0.29, 0.717) is 0 Å². The van der Waals surface area contributed by atoms with Crippen LogP contribution in [0, 0.1) is 11.8 Å². The fourth-order valence-corrected chi connectivity index (χ4v) is 0.289. The molecule has 0 rings (SSSR count). The Balaban J connectivity index is -0.0000000285. The highest BCUT2D eigenvalue weighted by Gasteiger charge is 1.99. The average molecular weight is 593 g/mol. The molecule has 0 heterocycles. The van der Waals surface area contributed by atoms with Gasteiger partial charge in [0.1, 0.15) is 15.6 Å². The van der Waals surface area contributed by atoms with Crippen molar-refractivity contribution < 1.29 is 26.5 Å². The molecule has 0 unspecified atom stereocenters. The van der Waals surface area contributed by atoms with Gasteiger partial charge in [-0.3, -0.25) is 8.77 Å². The Kier molecular flexibility index (Phi) is 84.3. The minimum absolute atomic E-state index is 0. The predicted octanol–water partition coefficient (Wildman–Crippen LogP) is 8.46. The van der Waals surface area contributed by atoms with E-state index >= 15 is 0 Å². The van der Waals surface area contributed by atoms with E-state index in [0.717, 1.165) is 12.5 Å². The lowest BCUT2D eigenvalue weighted by molar-refractivity contribution is -0.115. The van der Waals surface area contributed by atoms with E-state index in [2.05, 4.69) is 42.0 Å². The molecule has 0 aromatic rings. The molecule has 0 fully saturated rings. The summed E-state index contributed by atoms with van der Waals surface area (Å²) in [7, 11) is -3.98. The van der Waals surface area contributed by atoms with Gasteiger partial charge < -0.3 is 9.32 Å². The molecule has 0 aliphatic heterocycles. The maximum absolute atomic E-state index is 10.4. The van der Waals surface area contributed by atoms with Crippen molar-refractivity contribution in [3.8, 4) is 11.8 Å². The Morgan fingerprint density at radius 3 is 1.03 bits per heavy atom. The lowest BCUT2D eigenvalue weighted by Crippen LogP contribution is -1.86. The van der Waals surface area contributed by atoms with Gasteiger partial charge in [0.25, 0.3) is 0 Å².